The van der Waals surface area contributed by atoms with Crippen molar-refractivity contribution >= 4 is 23.4 Å². The Morgan fingerprint density at radius 2 is 1.83 bits per heavy atom. The molecule has 24 heavy (non-hydrogen) atoms. The van der Waals surface area contributed by atoms with Gasteiger partial charge >= 0.3 is 5.97 Å². The number of Topliss-reactive ketones (excluding diaryl/α,β-unsaturated/α-hetero) is 1. The van der Waals surface area contributed by atoms with Crippen molar-refractivity contribution in [1.82, 2.24) is 0 Å². The summed E-state index contributed by atoms with van der Waals surface area (Å²) in [6.07, 6.45) is 0. The molecule has 7 heteroatoms. The van der Waals surface area contributed by atoms with Crippen LogP contribution in [0.15, 0.2) is 42.5 Å². The van der Waals surface area contributed by atoms with Gasteiger partial charge in [-0.1, -0.05) is 23.7 Å². The van der Waals surface area contributed by atoms with E-state index in [1.165, 1.54) is 37.4 Å². The Kier molecular flexibility index (Phi) is 6.14. The molecule has 0 aliphatic rings. The van der Waals surface area contributed by atoms with E-state index in [1.807, 2.05) is 0 Å². The summed E-state index contributed by atoms with van der Waals surface area (Å²) in [5.41, 5.74) is 0.281. The van der Waals surface area contributed by atoms with Crippen molar-refractivity contribution in [3.05, 3.63) is 58.9 Å². The van der Waals surface area contributed by atoms with Gasteiger partial charge in [0.25, 0.3) is 0 Å². The molecule has 0 atom stereocenters. The third kappa shape index (κ3) is 4.70. The number of rotatable bonds is 7. The molecule has 0 unspecified atom stereocenters. The first kappa shape index (κ1) is 17.7. The van der Waals surface area contributed by atoms with Gasteiger partial charge in [-0.2, -0.15) is 0 Å². The number of esters is 1. The Balaban J connectivity index is 1.84. The Labute approximate surface area is 142 Å². The molecule has 0 radical (unpaired) electrons. The van der Waals surface area contributed by atoms with E-state index in [0.29, 0.717) is 5.75 Å². The van der Waals surface area contributed by atoms with E-state index in [1.54, 1.807) is 12.1 Å². The van der Waals surface area contributed by atoms with Crippen LogP contribution in [0.25, 0.3) is 0 Å². The summed E-state index contributed by atoms with van der Waals surface area (Å²) >= 11 is 5.93. The molecule has 0 bridgehead atoms. The van der Waals surface area contributed by atoms with Crippen LogP contribution >= 0.6 is 11.6 Å². The van der Waals surface area contributed by atoms with Crippen LogP contribution < -0.4 is 9.47 Å². The van der Waals surface area contributed by atoms with E-state index < -0.39 is 30.8 Å². The number of ether oxygens (including phenoxy) is 3. The van der Waals surface area contributed by atoms with Gasteiger partial charge in [0.1, 0.15) is 5.75 Å². The van der Waals surface area contributed by atoms with Crippen molar-refractivity contribution in [3.8, 4) is 11.5 Å². The van der Waals surface area contributed by atoms with Gasteiger partial charge in [0, 0.05) is 5.56 Å². The average Bonchev–Trinajstić information content (AvgIpc) is 2.58. The molecule has 0 N–H and O–H groups in total. The number of hydrogen-bond acceptors (Lipinski definition) is 5. The van der Waals surface area contributed by atoms with Crippen molar-refractivity contribution in [2.75, 3.05) is 20.3 Å². The lowest BCUT2D eigenvalue weighted by molar-refractivity contribution is -0.144. The highest BCUT2D eigenvalue weighted by Crippen LogP contribution is 2.25. The molecule has 2 rings (SSSR count). The van der Waals surface area contributed by atoms with Crippen LogP contribution in [0, 0.1) is 5.82 Å². The average molecular weight is 353 g/mol. The number of para-hydroxylation sites is 1. The second-order valence-electron chi connectivity index (χ2n) is 4.65. The second-order valence-corrected chi connectivity index (χ2v) is 5.06. The number of ketones is 1. The lowest BCUT2D eigenvalue weighted by Gasteiger charge is -2.08. The van der Waals surface area contributed by atoms with Gasteiger partial charge in [-0.15, -0.1) is 0 Å². The van der Waals surface area contributed by atoms with Gasteiger partial charge in [0.2, 0.25) is 0 Å². The standard InChI is InChI=1S/C17H14ClFO5/c1-22-15-7-6-11(8-12(15)18)14(20)9-24-17(21)10-23-16-5-3-2-4-13(16)19/h2-8H,9-10H2,1H3. The molecule has 0 aliphatic heterocycles. The summed E-state index contributed by atoms with van der Waals surface area (Å²) in [5.74, 6) is -1.44. The van der Waals surface area contributed by atoms with Crippen LogP contribution in [-0.4, -0.2) is 32.1 Å². The summed E-state index contributed by atoms with van der Waals surface area (Å²) in [7, 11) is 1.46. The molecular weight excluding hydrogens is 339 g/mol. The quantitative estimate of drug-likeness (QED) is 0.565. The first-order valence-electron chi connectivity index (χ1n) is 6.91. The fourth-order valence-corrected chi connectivity index (χ4v) is 2.07. The predicted octanol–water partition coefficient (Wildman–Crippen LogP) is 3.29. The third-order valence-corrected chi connectivity index (χ3v) is 3.32. The highest BCUT2D eigenvalue weighted by molar-refractivity contribution is 6.32. The maximum absolute atomic E-state index is 13.3. The van der Waals surface area contributed by atoms with Crippen molar-refractivity contribution in [2.24, 2.45) is 0 Å². The Morgan fingerprint density at radius 1 is 1.08 bits per heavy atom. The Bertz CT molecular complexity index is 748. The molecule has 0 saturated heterocycles. The summed E-state index contributed by atoms with van der Waals surface area (Å²) < 4.78 is 28.1. The van der Waals surface area contributed by atoms with Gasteiger partial charge in [0.05, 0.1) is 12.1 Å². The molecule has 0 aliphatic carbocycles. The fourth-order valence-electron chi connectivity index (χ4n) is 1.81. The predicted molar refractivity (Wildman–Crippen MR) is 85.2 cm³/mol. The zero-order chi connectivity index (χ0) is 17.5. The normalized spacial score (nSPS) is 10.1. The molecule has 0 amide bonds. The summed E-state index contributed by atoms with van der Waals surface area (Å²) in [6.45, 7) is -0.973. The van der Waals surface area contributed by atoms with E-state index in [0.717, 1.165) is 0 Å². The van der Waals surface area contributed by atoms with E-state index >= 15 is 0 Å². The molecule has 2 aromatic carbocycles. The molecule has 0 spiro atoms. The number of carbonyl (C=O) groups excluding carboxylic acids is 2. The number of carbonyl (C=O) groups is 2. The minimum absolute atomic E-state index is 0.0669. The largest absolute Gasteiger partial charge is 0.495 e. The molecule has 126 valence electrons. The third-order valence-electron chi connectivity index (χ3n) is 3.02. The van der Waals surface area contributed by atoms with Crippen molar-refractivity contribution < 1.29 is 28.2 Å². The minimum atomic E-state index is -0.786. The van der Waals surface area contributed by atoms with Crippen LogP contribution in [-0.2, 0) is 9.53 Å². The zero-order valence-electron chi connectivity index (χ0n) is 12.8. The van der Waals surface area contributed by atoms with E-state index in [9.17, 15) is 14.0 Å². The second kappa shape index (κ2) is 8.31. The van der Waals surface area contributed by atoms with Crippen molar-refractivity contribution in [1.29, 1.82) is 0 Å². The van der Waals surface area contributed by atoms with Gasteiger partial charge in [-0.05, 0) is 30.3 Å². The fraction of sp³-hybridized carbons (Fsp3) is 0.176. The topological polar surface area (TPSA) is 61.8 Å². The molecule has 2 aromatic rings. The molecule has 5 nitrogen and oxygen atoms in total. The first-order valence-corrected chi connectivity index (χ1v) is 7.28. The van der Waals surface area contributed by atoms with Crippen molar-refractivity contribution in [3.63, 3.8) is 0 Å². The Hall–Kier alpha value is -2.60. The first-order chi connectivity index (χ1) is 11.5. The monoisotopic (exact) mass is 352 g/mol. The molecule has 0 heterocycles. The van der Waals surface area contributed by atoms with Crippen LogP contribution in [0.2, 0.25) is 5.02 Å². The van der Waals surface area contributed by atoms with Crippen LogP contribution in [0.1, 0.15) is 10.4 Å². The SMILES string of the molecule is COc1ccc(C(=O)COC(=O)COc2ccccc2F)cc1Cl. The van der Waals surface area contributed by atoms with E-state index in [-0.39, 0.29) is 16.3 Å². The van der Waals surface area contributed by atoms with Crippen LogP contribution in [0.5, 0.6) is 11.5 Å². The highest BCUT2D eigenvalue weighted by Gasteiger charge is 2.13. The molecule has 0 aromatic heterocycles. The molecule has 0 fully saturated rings. The highest BCUT2D eigenvalue weighted by atomic mass is 35.5. The maximum atomic E-state index is 13.3. The number of hydrogen-bond donors (Lipinski definition) is 0. The van der Waals surface area contributed by atoms with Gasteiger partial charge in [-0.3, -0.25) is 4.79 Å². The summed E-state index contributed by atoms with van der Waals surface area (Å²) in [6, 6.07) is 10.1. The molecule has 0 saturated carbocycles. The molecular formula is C17H14ClFO5. The maximum Gasteiger partial charge on any atom is 0.344 e. The smallest absolute Gasteiger partial charge is 0.344 e. The van der Waals surface area contributed by atoms with Gasteiger partial charge in [0.15, 0.2) is 30.6 Å². The zero-order valence-corrected chi connectivity index (χ0v) is 13.5. The number of halogens is 2. The lowest BCUT2D eigenvalue weighted by Crippen LogP contribution is -2.19. The minimum Gasteiger partial charge on any atom is -0.495 e. The van der Waals surface area contributed by atoms with Crippen LogP contribution in [0.3, 0.4) is 0 Å². The van der Waals surface area contributed by atoms with Gasteiger partial charge < -0.3 is 14.2 Å². The van der Waals surface area contributed by atoms with E-state index in [2.05, 4.69) is 0 Å². The van der Waals surface area contributed by atoms with Crippen molar-refractivity contribution in [2.45, 2.75) is 0 Å². The summed E-state index contributed by atoms with van der Waals surface area (Å²) in [4.78, 5) is 23.5. The van der Waals surface area contributed by atoms with Crippen LogP contribution in [0.4, 0.5) is 4.39 Å². The lowest BCUT2D eigenvalue weighted by atomic mass is 10.1. The number of methoxy groups -OCH3 is 1. The summed E-state index contributed by atoms with van der Waals surface area (Å²) in [5, 5.41) is 0.276. The Morgan fingerprint density at radius 3 is 2.50 bits per heavy atom. The van der Waals surface area contributed by atoms with Gasteiger partial charge in [-0.25, -0.2) is 9.18 Å². The number of benzene rings is 2. The van der Waals surface area contributed by atoms with E-state index in [4.69, 9.17) is 25.8 Å².